The number of benzene rings is 2. The number of amides is 1. The summed E-state index contributed by atoms with van der Waals surface area (Å²) in [6.45, 7) is 9.53. The molecule has 0 aliphatic rings. The molecule has 0 fully saturated rings. The Morgan fingerprint density at radius 2 is 1.69 bits per heavy atom. The molecule has 0 bridgehead atoms. The lowest BCUT2D eigenvalue weighted by atomic mass is 10.0. The van der Waals surface area contributed by atoms with Gasteiger partial charge in [-0.05, 0) is 64.4 Å². The summed E-state index contributed by atoms with van der Waals surface area (Å²) < 4.78 is 36.6. The molecule has 9 nitrogen and oxygen atoms in total. The predicted molar refractivity (Wildman–Crippen MR) is 135 cm³/mol. The highest BCUT2D eigenvalue weighted by Crippen LogP contribution is 2.33. The molecular formula is C26H34FN3O6. The maximum atomic E-state index is 15.3. The quantitative estimate of drug-likeness (QED) is 0.236. The van der Waals surface area contributed by atoms with E-state index < -0.39 is 23.9 Å². The lowest BCUT2D eigenvalue weighted by molar-refractivity contribution is -0.144. The molecule has 0 spiro atoms. The molecule has 2 rings (SSSR count). The molecule has 0 saturated carbocycles. The molecule has 10 heteroatoms. The van der Waals surface area contributed by atoms with Crippen molar-refractivity contribution in [3.63, 3.8) is 0 Å². The van der Waals surface area contributed by atoms with Crippen molar-refractivity contribution in [2.24, 2.45) is 10.7 Å². The van der Waals surface area contributed by atoms with E-state index in [0.29, 0.717) is 30.0 Å². The molecule has 2 unspecified atom stereocenters. The Kier molecular flexibility index (Phi) is 11.0. The van der Waals surface area contributed by atoms with E-state index in [9.17, 15) is 9.59 Å². The van der Waals surface area contributed by atoms with Crippen molar-refractivity contribution in [2.75, 3.05) is 25.1 Å². The summed E-state index contributed by atoms with van der Waals surface area (Å²) in [7, 11) is 0. The van der Waals surface area contributed by atoms with Crippen LogP contribution in [-0.4, -0.2) is 43.8 Å². The fourth-order valence-electron chi connectivity index (χ4n) is 3.15. The Labute approximate surface area is 210 Å². The van der Waals surface area contributed by atoms with Crippen LogP contribution in [0.1, 0.15) is 58.2 Å². The number of aliphatic imine (C=N–C) groups is 1. The van der Waals surface area contributed by atoms with Crippen LogP contribution >= 0.6 is 0 Å². The van der Waals surface area contributed by atoms with Crippen LogP contribution in [0.5, 0.6) is 11.5 Å². The van der Waals surface area contributed by atoms with E-state index in [0.717, 1.165) is 0 Å². The molecule has 1 amide bonds. The van der Waals surface area contributed by atoms with Gasteiger partial charge in [0.25, 0.3) is 0 Å². The molecule has 36 heavy (non-hydrogen) atoms. The Morgan fingerprint density at radius 3 is 2.28 bits per heavy atom. The van der Waals surface area contributed by atoms with E-state index in [4.69, 9.17) is 24.7 Å². The summed E-state index contributed by atoms with van der Waals surface area (Å²) in [6, 6.07) is 8.16. The van der Waals surface area contributed by atoms with Crippen LogP contribution in [-0.2, 0) is 14.3 Å². The van der Waals surface area contributed by atoms with Gasteiger partial charge in [-0.3, -0.25) is 0 Å². The zero-order chi connectivity index (χ0) is 26.7. The number of anilines is 1. The predicted octanol–water partition coefficient (Wildman–Crippen LogP) is 4.98. The molecule has 196 valence electrons. The van der Waals surface area contributed by atoms with Crippen LogP contribution in [0.3, 0.4) is 0 Å². The first kappa shape index (κ1) is 28.4. The molecule has 0 aliphatic carbocycles. The van der Waals surface area contributed by atoms with Gasteiger partial charge in [-0.15, -0.1) is 0 Å². The Morgan fingerprint density at radius 1 is 1.03 bits per heavy atom. The number of nitrogens with two attached hydrogens (primary N) is 1. The number of rotatable bonds is 12. The Hall–Kier alpha value is -3.82. The van der Waals surface area contributed by atoms with Crippen LogP contribution in [0.15, 0.2) is 41.4 Å². The summed E-state index contributed by atoms with van der Waals surface area (Å²) in [4.78, 5) is 28.4. The number of hydrogen-bond donors (Lipinski definition) is 2. The van der Waals surface area contributed by atoms with Crippen LogP contribution in [0, 0.1) is 5.82 Å². The van der Waals surface area contributed by atoms with Gasteiger partial charge in [0.15, 0.2) is 17.6 Å². The number of ether oxygens (including phenoxy) is 4. The number of hydrogen-bond acceptors (Lipinski definition) is 7. The maximum Gasteiger partial charge on any atom is 0.435 e. The number of amidine groups is 1. The van der Waals surface area contributed by atoms with Gasteiger partial charge in [-0.25, -0.2) is 14.0 Å². The van der Waals surface area contributed by atoms with Crippen molar-refractivity contribution in [1.29, 1.82) is 0 Å². The van der Waals surface area contributed by atoms with Crippen LogP contribution < -0.4 is 20.5 Å². The van der Waals surface area contributed by atoms with Gasteiger partial charge in [0.05, 0.1) is 19.8 Å². The third kappa shape index (κ3) is 7.86. The summed E-state index contributed by atoms with van der Waals surface area (Å²) in [6.07, 6.45) is -0.393. The van der Waals surface area contributed by atoms with E-state index in [1.807, 2.05) is 6.92 Å². The summed E-state index contributed by atoms with van der Waals surface area (Å²) in [5.41, 5.74) is 6.89. The standard InChI is InChI=1S/C26H34FN3O6/c1-6-16(5)36-26(32)30-24(28)17-10-12-18(13-11-17)29-23(25(31)35-9-4)20-14-19(33-7-2)15-21(22(20)27)34-8-3/h10-16,23,29H,6-9H2,1-5H3,(H2,28,30,32). The van der Waals surface area contributed by atoms with Crippen molar-refractivity contribution < 1.29 is 32.9 Å². The van der Waals surface area contributed by atoms with E-state index in [2.05, 4.69) is 10.3 Å². The van der Waals surface area contributed by atoms with Gasteiger partial charge in [0.2, 0.25) is 0 Å². The summed E-state index contributed by atoms with van der Waals surface area (Å²) in [5.74, 6) is -1.06. The lowest BCUT2D eigenvalue weighted by Gasteiger charge is -2.21. The Balaban J connectivity index is 2.36. The second-order valence-corrected chi connectivity index (χ2v) is 7.70. The van der Waals surface area contributed by atoms with Crippen molar-refractivity contribution in [3.05, 3.63) is 53.3 Å². The fraction of sp³-hybridized carbons (Fsp3) is 0.423. The number of carbonyl (C=O) groups is 2. The third-order valence-corrected chi connectivity index (χ3v) is 5.07. The minimum absolute atomic E-state index is 0.0146. The van der Waals surface area contributed by atoms with E-state index in [-0.39, 0.29) is 36.5 Å². The first-order valence-electron chi connectivity index (χ1n) is 11.9. The fourth-order valence-corrected chi connectivity index (χ4v) is 3.15. The molecule has 0 aromatic heterocycles. The highest BCUT2D eigenvalue weighted by molar-refractivity contribution is 6.03. The van der Waals surface area contributed by atoms with Crippen molar-refractivity contribution >= 4 is 23.6 Å². The lowest BCUT2D eigenvalue weighted by Crippen LogP contribution is -2.25. The van der Waals surface area contributed by atoms with E-state index in [1.165, 1.54) is 12.1 Å². The molecule has 2 aromatic carbocycles. The zero-order valence-corrected chi connectivity index (χ0v) is 21.3. The van der Waals surface area contributed by atoms with Gasteiger partial charge in [-0.2, -0.15) is 4.99 Å². The average Bonchev–Trinajstić information content (AvgIpc) is 2.85. The molecular weight excluding hydrogens is 469 g/mol. The van der Waals surface area contributed by atoms with Gasteiger partial charge >= 0.3 is 12.1 Å². The molecule has 2 aromatic rings. The molecule has 0 saturated heterocycles. The Bertz CT molecular complexity index is 1060. The van der Waals surface area contributed by atoms with E-state index >= 15 is 4.39 Å². The highest BCUT2D eigenvalue weighted by Gasteiger charge is 2.28. The van der Waals surface area contributed by atoms with Gasteiger partial charge in [0.1, 0.15) is 17.7 Å². The second kappa shape index (κ2) is 13.9. The first-order chi connectivity index (χ1) is 17.2. The molecule has 0 aliphatic heterocycles. The minimum Gasteiger partial charge on any atom is -0.494 e. The van der Waals surface area contributed by atoms with Crippen LogP contribution in [0.2, 0.25) is 0 Å². The van der Waals surface area contributed by atoms with Gasteiger partial charge < -0.3 is 30.0 Å². The highest BCUT2D eigenvalue weighted by atomic mass is 19.1. The van der Waals surface area contributed by atoms with E-state index in [1.54, 1.807) is 52.0 Å². The third-order valence-electron chi connectivity index (χ3n) is 5.07. The maximum absolute atomic E-state index is 15.3. The number of halogens is 1. The molecule has 3 N–H and O–H groups in total. The number of esters is 1. The normalized spacial score (nSPS) is 12.9. The number of nitrogens with one attached hydrogen (secondary N) is 1. The topological polar surface area (TPSA) is 121 Å². The zero-order valence-electron chi connectivity index (χ0n) is 21.3. The summed E-state index contributed by atoms with van der Waals surface area (Å²) in [5, 5.41) is 3.00. The largest absolute Gasteiger partial charge is 0.494 e. The SMILES string of the molecule is CCOC(=O)C(Nc1ccc(/C(N)=N/C(=O)OC(C)CC)cc1)c1cc(OCC)cc(OCC)c1F. The molecule has 0 heterocycles. The monoisotopic (exact) mass is 503 g/mol. The molecule has 0 radical (unpaired) electrons. The number of nitrogens with zero attached hydrogens (tertiary/aromatic N) is 1. The van der Waals surface area contributed by atoms with Crippen molar-refractivity contribution in [2.45, 2.75) is 53.2 Å². The smallest absolute Gasteiger partial charge is 0.435 e. The number of carbonyl (C=O) groups excluding carboxylic acids is 2. The summed E-state index contributed by atoms with van der Waals surface area (Å²) >= 11 is 0. The van der Waals surface area contributed by atoms with Crippen LogP contribution in [0.25, 0.3) is 0 Å². The van der Waals surface area contributed by atoms with Gasteiger partial charge in [-0.1, -0.05) is 6.92 Å². The average molecular weight is 504 g/mol. The van der Waals surface area contributed by atoms with Crippen molar-refractivity contribution in [3.8, 4) is 11.5 Å². The molecule has 2 atom stereocenters. The second-order valence-electron chi connectivity index (χ2n) is 7.70. The van der Waals surface area contributed by atoms with Crippen LogP contribution in [0.4, 0.5) is 14.9 Å². The first-order valence-corrected chi connectivity index (χ1v) is 11.9. The van der Waals surface area contributed by atoms with Crippen molar-refractivity contribution in [1.82, 2.24) is 0 Å². The minimum atomic E-state index is -1.19. The van der Waals surface area contributed by atoms with Gasteiger partial charge in [0, 0.05) is 22.9 Å².